The van der Waals surface area contributed by atoms with Crippen LogP contribution >= 0.6 is 0 Å². The molecule has 1 atom stereocenters. The number of ether oxygens (including phenoxy) is 2. The molecule has 0 aliphatic carbocycles. The van der Waals surface area contributed by atoms with Gasteiger partial charge in [0, 0.05) is 12.3 Å². The van der Waals surface area contributed by atoms with Crippen molar-refractivity contribution in [3.8, 4) is 6.07 Å². The first-order valence-corrected chi connectivity index (χ1v) is 8.11. The number of aryl methyl sites for hydroxylation is 1. The Morgan fingerprint density at radius 1 is 1.58 bits per heavy atom. The molecule has 6 heteroatoms. The number of nitrogens with one attached hydrogen (secondary N) is 1. The van der Waals surface area contributed by atoms with Crippen molar-refractivity contribution < 1.29 is 18.7 Å². The first-order valence-electron chi connectivity index (χ1n) is 8.11. The number of hydrogen-bond donors (Lipinski definition) is 1. The summed E-state index contributed by atoms with van der Waals surface area (Å²) in [5, 5.41) is 9.99. The summed E-state index contributed by atoms with van der Waals surface area (Å²) in [6, 6.07) is 3.40. The van der Waals surface area contributed by atoms with Crippen molar-refractivity contribution >= 4 is 16.9 Å². The molecule has 126 valence electrons. The van der Waals surface area contributed by atoms with Crippen LogP contribution in [0.25, 0.3) is 10.9 Å². The summed E-state index contributed by atoms with van der Waals surface area (Å²) >= 11 is 0. The van der Waals surface area contributed by atoms with Crippen molar-refractivity contribution in [1.29, 1.82) is 5.26 Å². The van der Waals surface area contributed by atoms with Crippen LogP contribution in [0.1, 0.15) is 55.4 Å². The van der Waals surface area contributed by atoms with E-state index >= 15 is 0 Å². The number of H-pyrrole nitrogens is 1. The maximum absolute atomic E-state index is 14.4. The topological polar surface area (TPSA) is 75.1 Å². The van der Waals surface area contributed by atoms with Crippen LogP contribution in [0.2, 0.25) is 0 Å². The summed E-state index contributed by atoms with van der Waals surface area (Å²) in [7, 11) is 0. The van der Waals surface area contributed by atoms with Gasteiger partial charge in [0.25, 0.3) is 0 Å². The third-order valence-corrected chi connectivity index (χ3v) is 4.29. The number of nitrogens with zero attached hydrogens (tertiary/aromatic N) is 1. The second-order valence-electron chi connectivity index (χ2n) is 5.94. The molecule has 1 aromatic heterocycles. The van der Waals surface area contributed by atoms with Crippen LogP contribution in [0.15, 0.2) is 6.07 Å². The summed E-state index contributed by atoms with van der Waals surface area (Å²) in [6.07, 6.45) is 2.33. The molecular formula is C18H19FN2O3. The fraction of sp³-hybridized carbons (Fsp3) is 0.444. The molecule has 1 aliphatic rings. The maximum Gasteiger partial charge on any atom is 0.305 e. The minimum atomic E-state index is -0.840. The Bertz CT molecular complexity index is 835. The number of benzene rings is 1. The van der Waals surface area contributed by atoms with Crippen molar-refractivity contribution in [1.82, 2.24) is 4.98 Å². The number of aromatic nitrogens is 1. The molecule has 2 aromatic rings. The van der Waals surface area contributed by atoms with E-state index in [2.05, 4.69) is 11.9 Å². The third-order valence-electron chi connectivity index (χ3n) is 4.29. The Morgan fingerprint density at radius 2 is 2.38 bits per heavy atom. The number of hydrogen-bond acceptors (Lipinski definition) is 4. The second-order valence-corrected chi connectivity index (χ2v) is 5.94. The van der Waals surface area contributed by atoms with Crippen LogP contribution in [0, 0.1) is 17.1 Å². The van der Waals surface area contributed by atoms with Gasteiger partial charge in [-0.1, -0.05) is 13.3 Å². The minimum Gasteiger partial charge on any atom is -0.430 e. The molecule has 0 radical (unpaired) electrons. The van der Waals surface area contributed by atoms with Crippen molar-refractivity contribution in [2.45, 2.75) is 45.8 Å². The molecule has 5 nitrogen and oxygen atoms in total. The smallest absolute Gasteiger partial charge is 0.305 e. The van der Waals surface area contributed by atoms with Crippen molar-refractivity contribution in [3.63, 3.8) is 0 Å². The molecule has 0 saturated carbocycles. The standard InChI is InChI=1S/C18H19FN2O3/c1-3-4-5-11-8-14(19)13(9-20)15-12-6-7-23-18(24-10(2)22)17(12)21-16(11)15/h8,18,21H,3-7H2,1-2H3. The highest BCUT2D eigenvalue weighted by molar-refractivity contribution is 5.93. The molecule has 0 bridgehead atoms. The van der Waals surface area contributed by atoms with E-state index in [-0.39, 0.29) is 5.56 Å². The number of nitriles is 1. The van der Waals surface area contributed by atoms with Crippen LogP contribution in [0.4, 0.5) is 4.39 Å². The molecule has 0 amide bonds. The van der Waals surface area contributed by atoms with Crippen molar-refractivity contribution in [3.05, 3.63) is 34.3 Å². The average Bonchev–Trinajstić information content (AvgIpc) is 2.93. The number of esters is 1. The van der Waals surface area contributed by atoms with Gasteiger partial charge in [-0.3, -0.25) is 4.79 Å². The highest BCUT2D eigenvalue weighted by Gasteiger charge is 2.30. The van der Waals surface area contributed by atoms with Gasteiger partial charge in [0.15, 0.2) is 0 Å². The number of fused-ring (bicyclic) bond motifs is 3. The largest absolute Gasteiger partial charge is 0.430 e. The highest BCUT2D eigenvalue weighted by atomic mass is 19.1. The maximum atomic E-state index is 14.4. The van der Waals surface area contributed by atoms with E-state index in [0.29, 0.717) is 30.5 Å². The van der Waals surface area contributed by atoms with E-state index in [1.807, 2.05) is 6.07 Å². The number of unbranched alkanes of at least 4 members (excludes halogenated alkanes) is 1. The Hall–Kier alpha value is -2.39. The van der Waals surface area contributed by atoms with E-state index in [9.17, 15) is 14.4 Å². The fourth-order valence-corrected chi connectivity index (χ4v) is 3.22. The van der Waals surface area contributed by atoms with Crippen molar-refractivity contribution in [2.24, 2.45) is 0 Å². The molecule has 1 N–H and O–H groups in total. The first-order chi connectivity index (χ1) is 11.6. The molecule has 24 heavy (non-hydrogen) atoms. The monoisotopic (exact) mass is 330 g/mol. The number of aromatic amines is 1. The molecule has 1 aliphatic heterocycles. The summed E-state index contributed by atoms with van der Waals surface area (Å²) in [5.41, 5.74) is 3.02. The normalized spacial score (nSPS) is 16.7. The molecule has 3 rings (SSSR count). The number of carbonyl (C=O) groups excluding carboxylic acids is 1. The van der Waals surface area contributed by atoms with E-state index in [0.717, 1.165) is 29.5 Å². The molecular weight excluding hydrogens is 311 g/mol. The average molecular weight is 330 g/mol. The predicted molar refractivity (Wildman–Crippen MR) is 85.7 cm³/mol. The lowest BCUT2D eigenvalue weighted by molar-refractivity contribution is -0.181. The third kappa shape index (κ3) is 2.76. The van der Waals surface area contributed by atoms with E-state index in [1.54, 1.807) is 0 Å². The summed E-state index contributed by atoms with van der Waals surface area (Å²) in [6.45, 7) is 3.73. The lowest BCUT2D eigenvalue weighted by Gasteiger charge is -2.22. The van der Waals surface area contributed by atoms with Gasteiger partial charge in [-0.15, -0.1) is 0 Å². The van der Waals surface area contributed by atoms with Crippen LogP contribution in [0.5, 0.6) is 0 Å². The lowest BCUT2D eigenvalue weighted by atomic mass is 9.97. The Kier molecular flexibility index (Phi) is 4.54. The molecule has 1 unspecified atom stereocenters. The van der Waals surface area contributed by atoms with E-state index in [1.165, 1.54) is 13.0 Å². The highest BCUT2D eigenvalue weighted by Crippen LogP contribution is 2.37. The molecule has 0 saturated heterocycles. The fourth-order valence-electron chi connectivity index (χ4n) is 3.22. The quantitative estimate of drug-likeness (QED) is 0.868. The molecule has 0 fully saturated rings. The van der Waals surface area contributed by atoms with Gasteiger partial charge in [0.1, 0.15) is 11.9 Å². The van der Waals surface area contributed by atoms with Gasteiger partial charge in [0.05, 0.1) is 23.4 Å². The molecule has 2 heterocycles. The lowest BCUT2D eigenvalue weighted by Crippen LogP contribution is -2.20. The van der Waals surface area contributed by atoms with Gasteiger partial charge in [-0.05, 0) is 36.5 Å². The summed E-state index contributed by atoms with van der Waals surface area (Å²) < 4.78 is 25.1. The minimum absolute atomic E-state index is 0.0335. The zero-order chi connectivity index (χ0) is 17.3. The van der Waals surface area contributed by atoms with Crippen LogP contribution in [0.3, 0.4) is 0 Å². The Balaban J connectivity index is 2.23. The second kappa shape index (κ2) is 6.62. The zero-order valence-corrected chi connectivity index (χ0v) is 13.7. The van der Waals surface area contributed by atoms with E-state index < -0.39 is 18.1 Å². The van der Waals surface area contributed by atoms with Crippen LogP contribution in [-0.2, 0) is 27.1 Å². The van der Waals surface area contributed by atoms with Gasteiger partial charge in [0.2, 0.25) is 6.29 Å². The Labute approximate surface area is 139 Å². The number of halogens is 1. The zero-order valence-electron chi connectivity index (χ0n) is 13.7. The number of rotatable bonds is 4. The summed E-state index contributed by atoms with van der Waals surface area (Å²) in [5.74, 6) is -0.960. The predicted octanol–water partition coefficient (Wildman–Crippen LogP) is 3.66. The van der Waals surface area contributed by atoms with Crippen molar-refractivity contribution in [2.75, 3.05) is 6.61 Å². The molecule has 1 aromatic carbocycles. The van der Waals surface area contributed by atoms with Crippen LogP contribution in [-0.4, -0.2) is 17.6 Å². The van der Waals surface area contributed by atoms with Gasteiger partial charge >= 0.3 is 5.97 Å². The molecule has 0 spiro atoms. The summed E-state index contributed by atoms with van der Waals surface area (Å²) in [4.78, 5) is 14.5. The van der Waals surface area contributed by atoms with Gasteiger partial charge in [-0.2, -0.15) is 5.26 Å². The van der Waals surface area contributed by atoms with Gasteiger partial charge < -0.3 is 14.5 Å². The van der Waals surface area contributed by atoms with Crippen LogP contribution < -0.4 is 0 Å². The SMILES string of the molecule is CCCCc1cc(F)c(C#N)c2c3c([nH]c12)C(OC(C)=O)OCC3. The van der Waals surface area contributed by atoms with E-state index in [4.69, 9.17) is 9.47 Å². The number of carbonyl (C=O) groups is 1. The first kappa shape index (κ1) is 16.5. The Morgan fingerprint density at radius 3 is 3.04 bits per heavy atom. The van der Waals surface area contributed by atoms with Gasteiger partial charge in [-0.25, -0.2) is 4.39 Å².